The molecule has 0 unspecified atom stereocenters. The fraction of sp³-hybridized carbons (Fsp3) is 0.615. The molecule has 4 heteroatoms. The molecule has 0 spiro atoms. The molecule has 94 valence electrons. The van der Waals surface area contributed by atoms with Crippen molar-refractivity contribution in [3.63, 3.8) is 0 Å². The second-order valence-electron chi connectivity index (χ2n) is 5.01. The number of rotatable bonds is 2. The molecule has 0 saturated carbocycles. The Bertz CT molecular complexity index is 383. The molecule has 2 rings (SSSR count). The minimum atomic E-state index is 0.558. The standard InChI is InChI=1S/C13H22N4/c1-10-4-5-12(14)13(15-10)17(3)11-6-8-16(2)9-7-11/h4-5,11H,6-9,14H2,1-3H3. The van der Waals surface area contributed by atoms with Crippen molar-refractivity contribution in [3.05, 3.63) is 17.8 Å². The summed E-state index contributed by atoms with van der Waals surface area (Å²) in [5, 5.41) is 0. The largest absolute Gasteiger partial charge is 0.396 e. The van der Waals surface area contributed by atoms with Gasteiger partial charge in [0.15, 0.2) is 5.82 Å². The Morgan fingerprint density at radius 1 is 1.35 bits per heavy atom. The zero-order valence-corrected chi connectivity index (χ0v) is 11.0. The van der Waals surface area contributed by atoms with E-state index < -0.39 is 0 Å². The molecule has 0 aliphatic carbocycles. The zero-order valence-electron chi connectivity index (χ0n) is 11.0. The van der Waals surface area contributed by atoms with E-state index in [2.05, 4.69) is 28.9 Å². The molecule has 2 N–H and O–H groups in total. The lowest BCUT2D eigenvalue weighted by Gasteiger charge is -2.36. The van der Waals surface area contributed by atoms with Crippen LogP contribution in [0.25, 0.3) is 0 Å². The van der Waals surface area contributed by atoms with Crippen LogP contribution in [0.3, 0.4) is 0 Å². The van der Waals surface area contributed by atoms with Crippen molar-refractivity contribution in [2.75, 3.05) is 37.8 Å². The van der Waals surface area contributed by atoms with Crippen LogP contribution in [0.15, 0.2) is 12.1 Å². The van der Waals surface area contributed by atoms with E-state index in [1.807, 2.05) is 19.1 Å². The van der Waals surface area contributed by atoms with E-state index in [1.165, 1.54) is 12.8 Å². The molecule has 0 amide bonds. The fourth-order valence-electron chi connectivity index (χ4n) is 2.39. The summed E-state index contributed by atoms with van der Waals surface area (Å²) in [6, 6.07) is 4.47. The van der Waals surface area contributed by atoms with Gasteiger partial charge < -0.3 is 15.5 Å². The summed E-state index contributed by atoms with van der Waals surface area (Å²) >= 11 is 0. The number of nitrogen functional groups attached to an aromatic ring is 1. The maximum atomic E-state index is 6.01. The van der Waals surface area contributed by atoms with Gasteiger partial charge in [-0.05, 0) is 52.0 Å². The second kappa shape index (κ2) is 4.92. The van der Waals surface area contributed by atoms with Crippen LogP contribution in [0.1, 0.15) is 18.5 Å². The van der Waals surface area contributed by atoms with Gasteiger partial charge in [-0.15, -0.1) is 0 Å². The maximum Gasteiger partial charge on any atom is 0.152 e. The van der Waals surface area contributed by atoms with E-state index >= 15 is 0 Å². The first-order valence-corrected chi connectivity index (χ1v) is 6.22. The van der Waals surface area contributed by atoms with Crippen LogP contribution < -0.4 is 10.6 Å². The number of anilines is 2. The molecule has 17 heavy (non-hydrogen) atoms. The molecular weight excluding hydrogens is 212 g/mol. The average molecular weight is 234 g/mol. The lowest BCUT2D eigenvalue weighted by Crippen LogP contribution is -2.42. The van der Waals surface area contributed by atoms with Crippen molar-refractivity contribution >= 4 is 11.5 Å². The van der Waals surface area contributed by atoms with Gasteiger partial charge in [0.2, 0.25) is 0 Å². The Hall–Kier alpha value is -1.29. The predicted octanol–water partition coefficient (Wildman–Crippen LogP) is 1.50. The number of pyridine rings is 1. The molecule has 1 aliphatic heterocycles. The van der Waals surface area contributed by atoms with E-state index in [9.17, 15) is 0 Å². The van der Waals surface area contributed by atoms with Crippen LogP contribution in [0.5, 0.6) is 0 Å². The molecule has 0 atom stereocenters. The van der Waals surface area contributed by atoms with Crippen LogP contribution in [0, 0.1) is 6.92 Å². The quantitative estimate of drug-likeness (QED) is 0.842. The molecule has 0 bridgehead atoms. The molecule has 1 aliphatic rings. The van der Waals surface area contributed by atoms with Crippen molar-refractivity contribution in [1.29, 1.82) is 0 Å². The summed E-state index contributed by atoms with van der Waals surface area (Å²) in [4.78, 5) is 9.17. The molecular formula is C13H22N4. The molecule has 1 aromatic rings. The third-order valence-corrected chi connectivity index (χ3v) is 3.61. The maximum absolute atomic E-state index is 6.01. The first kappa shape index (κ1) is 12.2. The molecule has 0 aromatic carbocycles. The molecule has 2 heterocycles. The van der Waals surface area contributed by atoms with Crippen molar-refractivity contribution in [2.45, 2.75) is 25.8 Å². The van der Waals surface area contributed by atoms with Gasteiger partial charge in [0.25, 0.3) is 0 Å². The Morgan fingerprint density at radius 3 is 2.65 bits per heavy atom. The number of aryl methyl sites for hydroxylation is 1. The number of hydrogen-bond acceptors (Lipinski definition) is 4. The lowest BCUT2D eigenvalue weighted by atomic mass is 10.0. The Balaban J connectivity index is 2.13. The molecule has 0 radical (unpaired) electrons. The van der Waals surface area contributed by atoms with Crippen molar-refractivity contribution in [1.82, 2.24) is 9.88 Å². The van der Waals surface area contributed by atoms with Gasteiger partial charge in [0.05, 0.1) is 5.69 Å². The smallest absolute Gasteiger partial charge is 0.152 e. The van der Waals surface area contributed by atoms with Gasteiger partial charge in [-0.25, -0.2) is 4.98 Å². The van der Waals surface area contributed by atoms with Crippen molar-refractivity contribution < 1.29 is 0 Å². The summed E-state index contributed by atoms with van der Waals surface area (Å²) in [5.74, 6) is 0.930. The summed E-state index contributed by atoms with van der Waals surface area (Å²) in [6.45, 7) is 4.31. The van der Waals surface area contributed by atoms with Gasteiger partial charge in [-0.3, -0.25) is 0 Å². The van der Waals surface area contributed by atoms with Gasteiger partial charge in [-0.2, -0.15) is 0 Å². The molecule has 1 aromatic heterocycles. The number of piperidine rings is 1. The van der Waals surface area contributed by atoms with Gasteiger partial charge in [-0.1, -0.05) is 0 Å². The topological polar surface area (TPSA) is 45.4 Å². The third kappa shape index (κ3) is 2.69. The average Bonchev–Trinajstić information content (AvgIpc) is 2.32. The van der Waals surface area contributed by atoms with Crippen LogP contribution in [-0.4, -0.2) is 43.1 Å². The number of nitrogens with zero attached hydrogens (tertiary/aromatic N) is 3. The van der Waals surface area contributed by atoms with Crippen LogP contribution in [-0.2, 0) is 0 Å². The van der Waals surface area contributed by atoms with Crippen LogP contribution >= 0.6 is 0 Å². The van der Waals surface area contributed by atoms with E-state index in [-0.39, 0.29) is 0 Å². The van der Waals surface area contributed by atoms with E-state index in [1.54, 1.807) is 0 Å². The van der Waals surface area contributed by atoms with Gasteiger partial charge in [0.1, 0.15) is 0 Å². The summed E-state index contributed by atoms with van der Waals surface area (Å²) < 4.78 is 0. The highest BCUT2D eigenvalue weighted by Crippen LogP contribution is 2.25. The molecule has 1 saturated heterocycles. The van der Waals surface area contributed by atoms with E-state index in [0.717, 1.165) is 30.3 Å². The second-order valence-corrected chi connectivity index (χ2v) is 5.01. The lowest BCUT2D eigenvalue weighted by molar-refractivity contribution is 0.252. The monoisotopic (exact) mass is 234 g/mol. The van der Waals surface area contributed by atoms with Crippen molar-refractivity contribution in [3.8, 4) is 0 Å². The number of aromatic nitrogens is 1. The normalized spacial score (nSPS) is 18.3. The van der Waals surface area contributed by atoms with Crippen LogP contribution in [0.4, 0.5) is 11.5 Å². The minimum Gasteiger partial charge on any atom is -0.396 e. The third-order valence-electron chi connectivity index (χ3n) is 3.61. The predicted molar refractivity (Wildman–Crippen MR) is 72.3 cm³/mol. The van der Waals surface area contributed by atoms with Gasteiger partial charge in [0, 0.05) is 18.8 Å². The highest BCUT2D eigenvalue weighted by molar-refractivity contribution is 5.63. The van der Waals surface area contributed by atoms with Crippen LogP contribution in [0.2, 0.25) is 0 Å². The fourth-order valence-corrected chi connectivity index (χ4v) is 2.39. The number of likely N-dealkylation sites (tertiary alicyclic amines) is 1. The van der Waals surface area contributed by atoms with E-state index in [4.69, 9.17) is 5.73 Å². The highest BCUT2D eigenvalue weighted by atomic mass is 15.2. The minimum absolute atomic E-state index is 0.558. The first-order valence-electron chi connectivity index (χ1n) is 6.22. The number of hydrogen-bond donors (Lipinski definition) is 1. The number of nitrogens with two attached hydrogens (primary N) is 1. The van der Waals surface area contributed by atoms with Crippen molar-refractivity contribution in [2.24, 2.45) is 0 Å². The first-order chi connectivity index (χ1) is 8.08. The Kier molecular flexibility index (Phi) is 3.52. The van der Waals surface area contributed by atoms with Gasteiger partial charge >= 0.3 is 0 Å². The van der Waals surface area contributed by atoms with E-state index in [0.29, 0.717) is 6.04 Å². The Morgan fingerprint density at radius 2 is 2.00 bits per heavy atom. The summed E-state index contributed by atoms with van der Waals surface area (Å²) in [7, 11) is 4.28. The molecule has 4 nitrogen and oxygen atoms in total. The summed E-state index contributed by atoms with van der Waals surface area (Å²) in [6.07, 6.45) is 2.37. The molecule has 1 fully saturated rings. The SMILES string of the molecule is Cc1ccc(N)c(N(C)C2CCN(C)CC2)n1. The highest BCUT2D eigenvalue weighted by Gasteiger charge is 2.22. The summed E-state index contributed by atoms with van der Waals surface area (Å²) in [5.41, 5.74) is 7.81. The Labute approximate surface area is 103 Å². The zero-order chi connectivity index (χ0) is 12.4.